The zero-order valence-corrected chi connectivity index (χ0v) is 19.3. The summed E-state index contributed by atoms with van der Waals surface area (Å²) in [6, 6.07) is 19.6. The molecular weight excluding hydrogens is 436 g/mol. The van der Waals surface area contributed by atoms with Crippen LogP contribution in [0.5, 0.6) is 11.5 Å². The highest BCUT2D eigenvalue weighted by atomic mass is 35.5. The van der Waals surface area contributed by atoms with Crippen LogP contribution >= 0.6 is 12.4 Å². The number of aryl methyl sites for hydroxylation is 1. The summed E-state index contributed by atoms with van der Waals surface area (Å²) in [6.07, 6.45) is 3.78. The first kappa shape index (κ1) is 24.4. The summed E-state index contributed by atoms with van der Waals surface area (Å²) in [5.74, 6) is 1.00. The summed E-state index contributed by atoms with van der Waals surface area (Å²) in [5.41, 5.74) is 9.78. The van der Waals surface area contributed by atoms with Crippen LogP contribution in [0.3, 0.4) is 0 Å². The van der Waals surface area contributed by atoms with Gasteiger partial charge in [-0.2, -0.15) is 5.26 Å². The average molecular weight is 465 g/mol. The van der Waals surface area contributed by atoms with E-state index in [1.165, 1.54) is 5.56 Å². The summed E-state index contributed by atoms with van der Waals surface area (Å²) in [4.78, 5) is 4.46. The van der Waals surface area contributed by atoms with Crippen LogP contribution in [-0.4, -0.2) is 29.8 Å². The fourth-order valence-corrected chi connectivity index (χ4v) is 4.27. The van der Waals surface area contributed by atoms with Crippen LogP contribution < -0.4 is 15.8 Å². The molecule has 1 aromatic heterocycles. The molecule has 0 amide bonds. The van der Waals surface area contributed by atoms with Crippen LogP contribution in [0.15, 0.2) is 54.6 Å². The molecule has 0 saturated carbocycles. The Kier molecular flexibility index (Phi) is 8.53. The number of pyridine rings is 1. The number of nitrogen functional groups attached to an aromatic ring is 1. The first-order chi connectivity index (χ1) is 15.7. The van der Waals surface area contributed by atoms with Gasteiger partial charge in [-0.15, -0.1) is 12.4 Å². The minimum absolute atomic E-state index is 0. The summed E-state index contributed by atoms with van der Waals surface area (Å²) < 4.78 is 6.06. The molecule has 3 aromatic rings. The number of piperidine rings is 1. The minimum Gasteiger partial charge on any atom is -0.507 e. The molecule has 0 radical (unpaired) electrons. The number of halogens is 1. The summed E-state index contributed by atoms with van der Waals surface area (Å²) in [5, 5.41) is 23.7. The van der Waals surface area contributed by atoms with E-state index in [-0.39, 0.29) is 29.9 Å². The van der Waals surface area contributed by atoms with Crippen molar-refractivity contribution >= 4 is 18.2 Å². The molecule has 0 bridgehead atoms. The molecule has 7 heteroatoms. The number of anilines is 1. The minimum atomic E-state index is 0. The van der Waals surface area contributed by atoms with Gasteiger partial charge >= 0.3 is 0 Å². The Morgan fingerprint density at radius 2 is 2.00 bits per heavy atom. The number of hydrogen-bond acceptors (Lipinski definition) is 6. The molecule has 2 aromatic carbocycles. The van der Waals surface area contributed by atoms with Gasteiger partial charge in [-0.05, 0) is 67.5 Å². The highest BCUT2D eigenvalue weighted by molar-refractivity contribution is 5.85. The first-order valence-corrected chi connectivity index (χ1v) is 11.1. The van der Waals surface area contributed by atoms with Crippen LogP contribution in [0.25, 0.3) is 11.3 Å². The van der Waals surface area contributed by atoms with Crippen LogP contribution in [0, 0.1) is 11.3 Å². The normalized spacial score (nSPS) is 15.3. The van der Waals surface area contributed by atoms with Crippen LogP contribution in [0.4, 0.5) is 5.82 Å². The molecule has 4 N–H and O–H groups in total. The van der Waals surface area contributed by atoms with E-state index in [1.54, 1.807) is 12.1 Å². The predicted molar refractivity (Wildman–Crippen MR) is 133 cm³/mol. The van der Waals surface area contributed by atoms with Crippen LogP contribution in [-0.2, 0) is 6.42 Å². The second-order valence-corrected chi connectivity index (χ2v) is 8.10. The number of benzene rings is 2. The van der Waals surface area contributed by atoms with Gasteiger partial charge in [0, 0.05) is 6.54 Å². The Bertz CT molecular complexity index is 1110. The highest BCUT2D eigenvalue weighted by Crippen LogP contribution is 2.40. The van der Waals surface area contributed by atoms with Gasteiger partial charge in [-0.3, -0.25) is 0 Å². The number of nitrogens with two attached hydrogens (primary N) is 1. The number of aromatic nitrogens is 1. The maximum atomic E-state index is 10.7. The first-order valence-electron chi connectivity index (χ1n) is 11.1. The largest absolute Gasteiger partial charge is 0.507 e. The van der Waals surface area contributed by atoms with Gasteiger partial charge in [0.1, 0.15) is 23.4 Å². The smallest absolute Gasteiger partial charge is 0.142 e. The number of aromatic hydroxyl groups is 1. The Balaban J connectivity index is 0.00000306. The monoisotopic (exact) mass is 464 g/mol. The van der Waals surface area contributed by atoms with Crippen molar-refractivity contribution in [1.29, 1.82) is 5.26 Å². The Hall–Kier alpha value is -3.27. The molecule has 0 aliphatic carbocycles. The van der Waals surface area contributed by atoms with E-state index in [2.05, 4.69) is 28.5 Å². The molecule has 2 heterocycles. The number of nitrogens with one attached hydrogen (secondary N) is 1. The zero-order valence-electron chi connectivity index (χ0n) is 18.5. The second kappa shape index (κ2) is 11.6. The third kappa shape index (κ3) is 5.75. The molecule has 1 aliphatic heterocycles. The molecule has 1 aliphatic rings. The fraction of sp³-hybridized carbons (Fsp3) is 0.308. The van der Waals surface area contributed by atoms with Crippen molar-refractivity contribution in [1.82, 2.24) is 10.3 Å². The van der Waals surface area contributed by atoms with Gasteiger partial charge in [0.15, 0.2) is 0 Å². The van der Waals surface area contributed by atoms with E-state index in [0.29, 0.717) is 29.2 Å². The van der Waals surface area contributed by atoms with Gasteiger partial charge in [-0.25, -0.2) is 4.98 Å². The van der Waals surface area contributed by atoms with Crippen molar-refractivity contribution in [3.05, 3.63) is 71.3 Å². The molecular formula is C26H29ClN4O2. The van der Waals surface area contributed by atoms with Crippen molar-refractivity contribution in [3.63, 3.8) is 0 Å². The van der Waals surface area contributed by atoms with E-state index >= 15 is 0 Å². The SMILES string of the molecule is Cl.N#Cc1c(C2CCCNC2)cc(-c2c(O)cccc2OCCCc2ccccc2)nc1N. The van der Waals surface area contributed by atoms with E-state index in [4.69, 9.17) is 10.5 Å². The quantitative estimate of drug-likeness (QED) is 0.433. The predicted octanol–water partition coefficient (Wildman–Crippen LogP) is 4.81. The van der Waals surface area contributed by atoms with E-state index in [0.717, 1.165) is 44.3 Å². The lowest BCUT2D eigenvalue weighted by Crippen LogP contribution is -2.29. The molecule has 1 saturated heterocycles. The summed E-state index contributed by atoms with van der Waals surface area (Å²) >= 11 is 0. The van der Waals surface area contributed by atoms with Gasteiger partial charge in [-0.1, -0.05) is 36.4 Å². The second-order valence-electron chi connectivity index (χ2n) is 8.10. The number of phenols is 1. The van der Waals surface area contributed by atoms with Crippen molar-refractivity contribution in [2.45, 2.75) is 31.6 Å². The van der Waals surface area contributed by atoms with E-state index in [1.807, 2.05) is 30.3 Å². The maximum Gasteiger partial charge on any atom is 0.142 e. The van der Waals surface area contributed by atoms with Crippen molar-refractivity contribution < 1.29 is 9.84 Å². The molecule has 6 nitrogen and oxygen atoms in total. The average Bonchev–Trinajstić information content (AvgIpc) is 2.82. The van der Waals surface area contributed by atoms with Gasteiger partial charge in [0.05, 0.1) is 23.4 Å². The lowest BCUT2D eigenvalue weighted by Gasteiger charge is -2.25. The van der Waals surface area contributed by atoms with Crippen molar-refractivity contribution in [3.8, 4) is 28.8 Å². The molecule has 1 fully saturated rings. The number of rotatable bonds is 7. The molecule has 1 unspecified atom stereocenters. The molecule has 4 rings (SSSR count). The van der Waals surface area contributed by atoms with Crippen LogP contribution in [0.1, 0.15) is 41.9 Å². The third-order valence-corrected chi connectivity index (χ3v) is 5.90. The third-order valence-electron chi connectivity index (χ3n) is 5.90. The molecule has 33 heavy (non-hydrogen) atoms. The lowest BCUT2D eigenvalue weighted by molar-refractivity contribution is 0.310. The standard InChI is InChI=1S/C26H28N4O2.ClH/c27-16-21-20(19-10-5-13-29-17-19)15-22(30-26(21)28)25-23(31)11-4-12-24(25)32-14-6-9-18-7-2-1-3-8-18;/h1-4,7-8,11-12,15,19,29,31H,5-6,9-10,13-14,17H2,(H2,28,30);1H. The van der Waals surface area contributed by atoms with E-state index < -0.39 is 0 Å². The number of nitriles is 1. The number of ether oxygens (including phenoxy) is 1. The number of hydrogen-bond donors (Lipinski definition) is 3. The van der Waals surface area contributed by atoms with E-state index in [9.17, 15) is 10.4 Å². The van der Waals surface area contributed by atoms with Gasteiger partial charge < -0.3 is 20.9 Å². The Morgan fingerprint density at radius 3 is 2.73 bits per heavy atom. The molecule has 1 atom stereocenters. The maximum absolute atomic E-state index is 10.7. The lowest BCUT2D eigenvalue weighted by atomic mass is 9.88. The van der Waals surface area contributed by atoms with Gasteiger partial charge in [0.2, 0.25) is 0 Å². The number of nitrogens with zero attached hydrogens (tertiary/aromatic N) is 2. The fourth-order valence-electron chi connectivity index (χ4n) is 4.27. The topological polar surface area (TPSA) is 104 Å². The molecule has 0 spiro atoms. The Morgan fingerprint density at radius 1 is 1.18 bits per heavy atom. The van der Waals surface area contributed by atoms with Crippen molar-refractivity contribution in [2.24, 2.45) is 0 Å². The highest BCUT2D eigenvalue weighted by Gasteiger charge is 2.23. The zero-order chi connectivity index (χ0) is 22.3. The Labute approximate surface area is 200 Å². The number of phenolic OH excluding ortho intramolecular Hbond substituents is 1. The molecule has 172 valence electrons. The van der Waals surface area contributed by atoms with Gasteiger partial charge in [0.25, 0.3) is 0 Å². The summed E-state index contributed by atoms with van der Waals surface area (Å²) in [6.45, 7) is 2.28. The van der Waals surface area contributed by atoms with Crippen LogP contribution in [0.2, 0.25) is 0 Å². The summed E-state index contributed by atoms with van der Waals surface area (Å²) in [7, 11) is 0. The van der Waals surface area contributed by atoms with Crippen molar-refractivity contribution in [2.75, 3.05) is 25.4 Å².